The minimum absolute atomic E-state index is 0.0709. The topological polar surface area (TPSA) is 43.8 Å². The smallest absolute Gasteiger partial charge is 0.201 e. The summed E-state index contributed by atoms with van der Waals surface area (Å²) in [4.78, 5) is 4.38. The normalized spacial score (nSPS) is 12.2. The predicted octanol–water partition coefficient (Wildman–Crippen LogP) is 3.81. The molecule has 0 saturated heterocycles. The second-order valence-corrected chi connectivity index (χ2v) is 5.38. The van der Waals surface area contributed by atoms with E-state index in [2.05, 4.69) is 25.8 Å². The largest absolute Gasteiger partial charge is 0.369 e. The molecule has 2 rings (SSSR count). The molecule has 0 atom stereocenters. The molecule has 17 heavy (non-hydrogen) atoms. The zero-order chi connectivity index (χ0) is 12.6. The van der Waals surface area contributed by atoms with Crippen molar-refractivity contribution in [1.29, 1.82) is 0 Å². The van der Waals surface area contributed by atoms with Crippen LogP contribution >= 0.6 is 11.6 Å². The number of nitrogens with zero attached hydrogens (tertiary/aromatic N) is 2. The number of nitrogen functional groups attached to an aromatic ring is 1. The van der Waals surface area contributed by atoms with E-state index in [1.54, 1.807) is 0 Å². The summed E-state index contributed by atoms with van der Waals surface area (Å²) in [6, 6.07) is 5.72. The third-order valence-electron chi connectivity index (χ3n) is 3.12. The maximum atomic E-state index is 6.27. The fraction of sp³-hybridized carbons (Fsp3) is 0.462. The van der Waals surface area contributed by atoms with Gasteiger partial charge in [-0.05, 0) is 32.4 Å². The molecule has 1 aromatic carbocycles. The molecular weight excluding hydrogens is 234 g/mol. The number of hydrogen-bond acceptors (Lipinski definition) is 2. The van der Waals surface area contributed by atoms with Gasteiger partial charge in [0.05, 0.1) is 16.1 Å². The van der Waals surface area contributed by atoms with E-state index in [9.17, 15) is 0 Å². The Morgan fingerprint density at radius 1 is 1.41 bits per heavy atom. The van der Waals surface area contributed by atoms with Gasteiger partial charge in [0.2, 0.25) is 5.95 Å². The molecule has 0 amide bonds. The summed E-state index contributed by atoms with van der Waals surface area (Å²) in [6.07, 6.45) is 2.13. The van der Waals surface area contributed by atoms with Crippen molar-refractivity contribution in [2.75, 3.05) is 5.73 Å². The maximum absolute atomic E-state index is 6.27. The number of aromatic nitrogens is 2. The maximum Gasteiger partial charge on any atom is 0.201 e. The van der Waals surface area contributed by atoms with Gasteiger partial charge >= 0.3 is 0 Å². The van der Waals surface area contributed by atoms with E-state index in [1.165, 1.54) is 0 Å². The van der Waals surface area contributed by atoms with E-state index < -0.39 is 0 Å². The van der Waals surface area contributed by atoms with Crippen LogP contribution in [0.1, 0.15) is 33.6 Å². The molecule has 0 unspecified atom stereocenters. The Morgan fingerprint density at radius 2 is 2.12 bits per heavy atom. The number of rotatable bonds is 3. The van der Waals surface area contributed by atoms with Crippen molar-refractivity contribution in [2.24, 2.45) is 0 Å². The van der Waals surface area contributed by atoms with Crippen LogP contribution in [0.25, 0.3) is 11.0 Å². The van der Waals surface area contributed by atoms with Gasteiger partial charge in [-0.25, -0.2) is 4.98 Å². The molecule has 2 N–H and O–H groups in total. The molecule has 0 spiro atoms. The highest BCUT2D eigenvalue weighted by Gasteiger charge is 2.25. The molecule has 0 bridgehead atoms. The number of imidazole rings is 1. The van der Waals surface area contributed by atoms with Gasteiger partial charge in [-0.2, -0.15) is 0 Å². The van der Waals surface area contributed by atoms with Crippen LogP contribution in [0, 0.1) is 0 Å². The van der Waals surface area contributed by atoms with Crippen molar-refractivity contribution in [3.05, 3.63) is 23.2 Å². The van der Waals surface area contributed by atoms with Crippen molar-refractivity contribution in [3.63, 3.8) is 0 Å². The second-order valence-electron chi connectivity index (χ2n) is 4.98. The molecule has 3 nitrogen and oxygen atoms in total. The predicted molar refractivity (Wildman–Crippen MR) is 73.4 cm³/mol. The first-order valence-electron chi connectivity index (χ1n) is 5.90. The molecule has 1 heterocycles. The third kappa shape index (κ3) is 2.00. The molecule has 92 valence electrons. The molecule has 2 aromatic rings. The van der Waals surface area contributed by atoms with Gasteiger partial charge in [0.25, 0.3) is 0 Å². The van der Waals surface area contributed by atoms with Gasteiger partial charge in [-0.1, -0.05) is 31.0 Å². The number of halogens is 1. The van der Waals surface area contributed by atoms with Crippen molar-refractivity contribution in [3.8, 4) is 0 Å². The van der Waals surface area contributed by atoms with Crippen LogP contribution in [-0.4, -0.2) is 9.55 Å². The number of anilines is 1. The van der Waals surface area contributed by atoms with Crippen LogP contribution in [0.5, 0.6) is 0 Å². The van der Waals surface area contributed by atoms with Gasteiger partial charge in [-0.3, -0.25) is 0 Å². The summed E-state index contributed by atoms with van der Waals surface area (Å²) in [5.41, 5.74) is 7.76. The highest BCUT2D eigenvalue weighted by molar-refractivity contribution is 6.35. The van der Waals surface area contributed by atoms with Crippen LogP contribution in [0.15, 0.2) is 18.2 Å². The van der Waals surface area contributed by atoms with Crippen molar-refractivity contribution < 1.29 is 0 Å². The lowest BCUT2D eigenvalue weighted by atomic mass is 9.98. The van der Waals surface area contributed by atoms with Crippen molar-refractivity contribution in [1.82, 2.24) is 9.55 Å². The third-order valence-corrected chi connectivity index (χ3v) is 3.43. The summed E-state index contributed by atoms with van der Waals surface area (Å²) in [6.45, 7) is 6.49. The highest BCUT2D eigenvalue weighted by atomic mass is 35.5. The van der Waals surface area contributed by atoms with Gasteiger partial charge < -0.3 is 10.3 Å². The minimum Gasteiger partial charge on any atom is -0.369 e. The van der Waals surface area contributed by atoms with Crippen molar-refractivity contribution in [2.45, 2.75) is 39.2 Å². The lowest BCUT2D eigenvalue weighted by Gasteiger charge is -2.28. The first kappa shape index (κ1) is 12.2. The zero-order valence-corrected chi connectivity index (χ0v) is 11.3. The fourth-order valence-corrected chi connectivity index (χ4v) is 2.69. The average molecular weight is 252 g/mol. The molecule has 0 aliphatic carbocycles. The Labute approximate surface area is 107 Å². The Morgan fingerprint density at radius 3 is 2.76 bits per heavy atom. The molecule has 0 saturated carbocycles. The molecular formula is C13H18ClN3. The first-order valence-corrected chi connectivity index (χ1v) is 6.28. The molecule has 0 aliphatic heterocycles. The van der Waals surface area contributed by atoms with Gasteiger partial charge in [0, 0.05) is 5.54 Å². The van der Waals surface area contributed by atoms with Gasteiger partial charge in [-0.15, -0.1) is 0 Å². The van der Waals surface area contributed by atoms with E-state index in [1.807, 2.05) is 22.8 Å². The van der Waals surface area contributed by atoms with Gasteiger partial charge in [0.1, 0.15) is 0 Å². The minimum atomic E-state index is -0.0709. The van der Waals surface area contributed by atoms with E-state index in [4.69, 9.17) is 17.3 Å². The van der Waals surface area contributed by atoms with Crippen LogP contribution in [0.4, 0.5) is 5.95 Å². The van der Waals surface area contributed by atoms with E-state index in [-0.39, 0.29) is 5.54 Å². The summed E-state index contributed by atoms with van der Waals surface area (Å²) >= 11 is 6.27. The number of fused-ring (bicyclic) bond motifs is 1. The number of para-hydroxylation sites is 1. The highest BCUT2D eigenvalue weighted by Crippen LogP contribution is 2.33. The van der Waals surface area contributed by atoms with Crippen LogP contribution in [-0.2, 0) is 5.54 Å². The van der Waals surface area contributed by atoms with Crippen LogP contribution in [0.3, 0.4) is 0 Å². The Kier molecular flexibility index (Phi) is 3.04. The summed E-state index contributed by atoms with van der Waals surface area (Å²) in [5.74, 6) is 0.534. The summed E-state index contributed by atoms with van der Waals surface area (Å²) in [7, 11) is 0. The van der Waals surface area contributed by atoms with Gasteiger partial charge in [0.15, 0.2) is 0 Å². The fourth-order valence-electron chi connectivity index (χ4n) is 2.44. The number of nitrogens with two attached hydrogens (primary N) is 1. The quantitative estimate of drug-likeness (QED) is 0.902. The monoisotopic (exact) mass is 251 g/mol. The lowest BCUT2D eigenvalue weighted by molar-refractivity contribution is 0.338. The zero-order valence-electron chi connectivity index (χ0n) is 10.5. The van der Waals surface area contributed by atoms with Crippen LogP contribution < -0.4 is 5.73 Å². The van der Waals surface area contributed by atoms with E-state index in [0.29, 0.717) is 11.0 Å². The molecule has 0 radical (unpaired) electrons. The molecule has 4 heteroatoms. The summed E-state index contributed by atoms with van der Waals surface area (Å²) in [5, 5.41) is 0.705. The Bertz CT molecular complexity index is 543. The van der Waals surface area contributed by atoms with Crippen molar-refractivity contribution >= 4 is 28.6 Å². The Balaban J connectivity index is 2.72. The summed E-state index contributed by atoms with van der Waals surface area (Å²) < 4.78 is 2.05. The molecule has 0 fully saturated rings. The average Bonchev–Trinajstić information content (AvgIpc) is 2.56. The SMILES string of the molecule is CCCC(C)(C)n1c(N)nc2cccc(Cl)c21. The standard InChI is InChI=1S/C13H18ClN3/c1-4-8-13(2,3)17-11-9(14)6-5-7-10(11)16-12(17)15/h5-7H,4,8H2,1-3H3,(H2,15,16). The van der Waals surface area contributed by atoms with Crippen LogP contribution in [0.2, 0.25) is 5.02 Å². The number of benzene rings is 1. The first-order chi connectivity index (χ1) is 7.97. The van der Waals surface area contributed by atoms with E-state index in [0.717, 1.165) is 23.9 Å². The van der Waals surface area contributed by atoms with E-state index >= 15 is 0 Å². The number of hydrogen-bond donors (Lipinski definition) is 1. The Hall–Kier alpha value is -1.22. The molecule has 1 aromatic heterocycles. The molecule has 0 aliphatic rings. The second kappa shape index (κ2) is 4.22. The lowest BCUT2D eigenvalue weighted by Crippen LogP contribution is -2.27.